The summed E-state index contributed by atoms with van der Waals surface area (Å²) in [5.74, 6) is 0.378. The third kappa shape index (κ3) is 2.84. The van der Waals surface area contributed by atoms with Gasteiger partial charge >= 0.3 is 5.97 Å². The average Bonchev–Trinajstić information content (AvgIpc) is 3.68. The van der Waals surface area contributed by atoms with Gasteiger partial charge in [-0.1, -0.05) is 13.8 Å². The fourth-order valence-electron chi connectivity index (χ4n) is 10.7. The van der Waals surface area contributed by atoms with Crippen molar-refractivity contribution >= 4 is 11.8 Å². The number of ketones is 1. The maximum absolute atomic E-state index is 13.5. The summed E-state index contributed by atoms with van der Waals surface area (Å²) in [5, 5.41) is 21.7. The number of allylic oxidation sites excluding steroid dienone is 1. The third-order valence-corrected chi connectivity index (χ3v) is 13.0. The SMILES string of the molecule is CC(=O)OC1CC(C(C)C2CC3(C)OC3(C)C(O)O2)C2(C)CCC3C(CC4OC45C(O)C=CC(=O)C35C)C12. The summed E-state index contributed by atoms with van der Waals surface area (Å²) in [4.78, 5) is 25.8. The summed E-state index contributed by atoms with van der Waals surface area (Å²) in [7, 11) is 0. The molecule has 0 amide bonds. The normalized spacial score (nSPS) is 60.5. The van der Waals surface area contributed by atoms with Crippen molar-refractivity contribution in [2.24, 2.45) is 40.4 Å². The first-order chi connectivity index (χ1) is 17.7. The summed E-state index contributed by atoms with van der Waals surface area (Å²) in [5.41, 5.74) is -2.79. The van der Waals surface area contributed by atoms with Gasteiger partial charge in [-0.25, -0.2) is 0 Å². The Labute approximate surface area is 224 Å². The van der Waals surface area contributed by atoms with Crippen molar-refractivity contribution in [1.82, 2.24) is 0 Å². The van der Waals surface area contributed by atoms with Gasteiger partial charge < -0.3 is 29.2 Å². The highest BCUT2D eigenvalue weighted by Crippen LogP contribution is 2.73. The van der Waals surface area contributed by atoms with Crippen LogP contribution in [0.3, 0.4) is 0 Å². The minimum absolute atomic E-state index is 0.0425. The number of hydrogen-bond donors (Lipinski definition) is 2. The predicted octanol–water partition coefficient (Wildman–Crippen LogP) is 2.93. The number of esters is 1. The van der Waals surface area contributed by atoms with E-state index in [1.165, 1.54) is 6.92 Å². The molecule has 7 rings (SSSR count). The molecule has 3 heterocycles. The Balaban J connectivity index is 1.23. The number of aliphatic hydroxyl groups excluding tert-OH is 2. The molecule has 3 aliphatic heterocycles. The topological polar surface area (TPSA) is 118 Å². The molecule has 3 saturated carbocycles. The minimum atomic E-state index is -0.964. The molecule has 0 bridgehead atoms. The molecular weight excluding hydrogens is 488 g/mol. The molecule has 0 aromatic heterocycles. The van der Waals surface area contributed by atoms with E-state index >= 15 is 0 Å². The Kier molecular flexibility index (Phi) is 5.05. The van der Waals surface area contributed by atoms with Crippen molar-refractivity contribution < 1.29 is 38.7 Å². The number of aliphatic hydroxyl groups is 2. The number of carbonyl (C=O) groups excluding carboxylic acids is 2. The van der Waals surface area contributed by atoms with E-state index in [0.29, 0.717) is 0 Å². The largest absolute Gasteiger partial charge is 0.462 e. The molecule has 6 fully saturated rings. The molecule has 210 valence electrons. The molecular formula is C30H42O8. The number of fused-ring (bicyclic) bond motifs is 5. The van der Waals surface area contributed by atoms with Crippen LogP contribution in [0.5, 0.6) is 0 Å². The summed E-state index contributed by atoms with van der Waals surface area (Å²) < 4.78 is 24.5. The lowest BCUT2D eigenvalue weighted by atomic mass is 9.44. The van der Waals surface area contributed by atoms with Crippen LogP contribution in [0.4, 0.5) is 0 Å². The number of carbonyl (C=O) groups is 2. The molecule has 2 N–H and O–H groups in total. The summed E-state index contributed by atoms with van der Waals surface area (Å²) >= 11 is 0. The summed E-state index contributed by atoms with van der Waals surface area (Å²) in [6, 6.07) is 0. The number of epoxide rings is 2. The molecule has 7 aliphatic rings. The fraction of sp³-hybridized carbons (Fsp3) is 0.867. The first kappa shape index (κ1) is 25.6. The van der Waals surface area contributed by atoms with Crippen molar-refractivity contribution in [2.75, 3.05) is 0 Å². The molecule has 1 spiro atoms. The lowest BCUT2D eigenvalue weighted by Gasteiger charge is -2.58. The van der Waals surface area contributed by atoms with Gasteiger partial charge in [-0.3, -0.25) is 9.59 Å². The van der Waals surface area contributed by atoms with Gasteiger partial charge in [0.1, 0.15) is 29.0 Å². The van der Waals surface area contributed by atoms with Crippen molar-refractivity contribution in [3.8, 4) is 0 Å². The van der Waals surface area contributed by atoms with Crippen LogP contribution < -0.4 is 0 Å². The van der Waals surface area contributed by atoms with E-state index in [1.807, 2.05) is 13.8 Å². The molecule has 4 aliphatic carbocycles. The summed E-state index contributed by atoms with van der Waals surface area (Å²) in [6.45, 7) is 12.0. The van der Waals surface area contributed by atoms with Crippen LogP contribution in [-0.2, 0) is 28.5 Å². The highest BCUT2D eigenvalue weighted by molar-refractivity contribution is 5.98. The molecule has 3 saturated heterocycles. The Hall–Kier alpha value is -1.32. The van der Waals surface area contributed by atoms with E-state index in [4.69, 9.17) is 18.9 Å². The fourth-order valence-corrected chi connectivity index (χ4v) is 10.7. The van der Waals surface area contributed by atoms with Gasteiger partial charge in [0.15, 0.2) is 12.1 Å². The second-order valence-corrected chi connectivity index (χ2v) is 14.4. The van der Waals surface area contributed by atoms with E-state index in [2.05, 4.69) is 20.8 Å². The molecule has 8 nitrogen and oxygen atoms in total. The van der Waals surface area contributed by atoms with E-state index in [9.17, 15) is 19.8 Å². The predicted molar refractivity (Wildman–Crippen MR) is 135 cm³/mol. The van der Waals surface area contributed by atoms with E-state index in [-0.39, 0.29) is 65.1 Å². The average molecular weight is 531 g/mol. The Morgan fingerprint density at radius 2 is 1.92 bits per heavy atom. The number of rotatable bonds is 3. The van der Waals surface area contributed by atoms with E-state index in [0.717, 1.165) is 32.1 Å². The highest BCUT2D eigenvalue weighted by atomic mass is 16.7. The lowest BCUT2D eigenvalue weighted by Crippen LogP contribution is -2.64. The van der Waals surface area contributed by atoms with Crippen LogP contribution in [-0.4, -0.2) is 69.5 Å². The van der Waals surface area contributed by atoms with Gasteiger partial charge in [-0.15, -0.1) is 0 Å². The van der Waals surface area contributed by atoms with Crippen LogP contribution in [0.2, 0.25) is 0 Å². The number of ether oxygens (including phenoxy) is 4. The monoisotopic (exact) mass is 530 g/mol. The van der Waals surface area contributed by atoms with Gasteiger partial charge in [0.2, 0.25) is 0 Å². The van der Waals surface area contributed by atoms with Gasteiger partial charge in [-0.2, -0.15) is 0 Å². The van der Waals surface area contributed by atoms with Crippen LogP contribution in [0, 0.1) is 40.4 Å². The van der Waals surface area contributed by atoms with Crippen LogP contribution in [0.25, 0.3) is 0 Å². The first-order valence-corrected chi connectivity index (χ1v) is 14.5. The molecule has 15 unspecified atom stereocenters. The van der Waals surface area contributed by atoms with Gasteiger partial charge in [0, 0.05) is 19.3 Å². The van der Waals surface area contributed by atoms with Crippen molar-refractivity contribution in [3.05, 3.63) is 12.2 Å². The minimum Gasteiger partial charge on any atom is -0.462 e. The molecule has 8 heteroatoms. The van der Waals surface area contributed by atoms with Crippen molar-refractivity contribution in [1.29, 1.82) is 0 Å². The molecule has 15 atom stereocenters. The lowest BCUT2D eigenvalue weighted by molar-refractivity contribution is -0.204. The summed E-state index contributed by atoms with van der Waals surface area (Å²) in [6.07, 6.45) is 4.80. The Morgan fingerprint density at radius 3 is 2.61 bits per heavy atom. The van der Waals surface area contributed by atoms with E-state index in [1.54, 1.807) is 12.2 Å². The number of hydrogen-bond acceptors (Lipinski definition) is 8. The molecule has 38 heavy (non-hydrogen) atoms. The maximum Gasteiger partial charge on any atom is 0.302 e. The van der Waals surface area contributed by atoms with Crippen molar-refractivity contribution in [2.45, 2.75) is 121 Å². The zero-order chi connectivity index (χ0) is 27.2. The standard InChI is InChI=1S/C30H42O8/c1-14(20-13-27(4)29(6,38-27)25(34)36-20)18-12-19(35-15(2)31)24-16-11-23-30(37-23)22(33)8-7-21(32)28(30,5)17(16)9-10-26(18,24)3/h7-8,14,16-20,22-25,33-34H,9-13H2,1-6H3. The Morgan fingerprint density at radius 1 is 1.18 bits per heavy atom. The second kappa shape index (κ2) is 7.49. The zero-order valence-electron chi connectivity index (χ0n) is 23.3. The Bertz CT molecular complexity index is 1120. The van der Waals surface area contributed by atoms with Crippen LogP contribution in [0.1, 0.15) is 73.6 Å². The van der Waals surface area contributed by atoms with Gasteiger partial charge in [0.25, 0.3) is 0 Å². The maximum atomic E-state index is 13.5. The second-order valence-electron chi connectivity index (χ2n) is 14.4. The molecule has 0 aromatic carbocycles. The van der Waals surface area contributed by atoms with Crippen LogP contribution in [0.15, 0.2) is 12.2 Å². The zero-order valence-corrected chi connectivity index (χ0v) is 23.3. The van der Waals surface area contributed by atoms with E-state index < -0.39 is 34.6 Å². The van der Waals surface area contributed by atoms with Crippen molar-refractivity contribution in [3.63, 3.8) is 0 Å². The molecule has 0 radical (unpaired) electrons. The smallest absolute Gasteiger partial charge is 0.302 e. The van der Waals surface area contributed by atoms with Gasteiger partial charge in [0.05, 0.1) is 17.6 Å². The van der Waals surface area contributed by atoms with Crippen LogP contribution >= 0.6 is 0 Å². The van der Waals surface area contributed by atoms with Gasteiger partial charge in [-0.05, 0) is 87.7 Å². The quantitative estimate of drug-likeness (QED) is 0.423. The highest BCUT2D eigenvalue weighted by Gasteiger charge is 2.81. The first-order valence-electron chi connectivity index (χ1n) is 14.5. The third-order valence-electron chi connectivity index (χ3n) is 13.0. The molecule has 0 aromatic rings.